The highest BCUT2D eigenvalue weighted by atomic mass is 32.2. The molecule has 7 heteroatoms. The second-order valence-electron chi connectivity index (χ2n) is 6.50. The van der Waals surface area contributed by atoms with E-state index >= 15 is 0 Å². The molecule has 1 saturated heterocycles. The van der Waals surface area contributed by atoms with Gasteiger partial charge in [-0.05, 0) is 36.6 Å². The number of hydrogen-bond donors (Lipinski definition) is 1. The van der Waals surface area contributed by atoms with E-state index in [9.17, 15) is 13.2 Å². The van der Waals surface area contributed by atoms with Crippen LogP contribution < -0.4 is 10.2 Å². The van der Waals surface area contributed by atoms with Crippen LogP contribution in [0.4, 0.5) is 11.4 Å². The van der Waals surface area contributed by atoms with Crippen molar-refractivity contribution in [2.75, 3.05) is 23.0 Å². The number of sulfone groups is 1. The zero-order valence-electron chi connectivity index (χ0n) is 13.7. The number of para-hydroxylation sites is 1. The third-order valence-electron chi connectivity index (χ3n) is 4.74. The van der Waals surface area contributed by atoms with E-state index in [0.717, 1.165) is 24.3 Å². The van der Waals surface area contributed by atoms with Gasteiger partial charge in [0.2, 0.25) is 0 Å². The predicted octanol–water partition coefficient (Wildman–Crippen LogP) is 1.69. The molecule has 2 aromatic rings. The summed E-state index contributed by atoms with van der Waals surface area (Å²) in [4.78, 5) is 18.8. The molecule has 1 aromatic carbocycles. The van der Waals surface area contributed by atoms with Gasteiger partial charge in [0.1, 0.15) is 5.69 Å². The molecule has 1 unspecified atom stereocenters. The number of rotatable bonds is 3. The number of anilines is 2. The van der Waals surface area contributed by atoms with E-state index in [1.165, 1.54) is 5.56 Å². The van der Waals surface area contributed by atoms with E-state index in [1.807, 2.05) is 18.2 Å². The highest BCUT2D eigenvalue weighted by Gasteiger charge is 2.29. The van der Waals surface area contributed by atoms with Crippen molar-refractivity contribution in [3.63, 3.8) is 0 Å². The highest BCUT2D eigenvalue weighted by Crippen LogP contribution is 2.34. The maximum absolute atomic E-state index is 12.4. The lowest BCUT2D eigenvalue weighted by Gasteiger charge is -2.20. The van der Waals surface area contributed by atoms with Gasteiger partial charge in [-0.1, -0.05) is 18.2 Å². The molecular weight excluding hydrogens is 338 g/mol. The molecule has 1 N–H and O–H groups in total. The molecule has 130 valence electrons. The lowest BCUT2D eigenvalue weighted by atomic mass is 10.2. The standard InChI is InChI=1S/C18H19N3O3S/c22-18(20-14-7-10-25(23,24)12-14)16-11-15(5-8-19-16)21-9-6-13-3-1-2-4-17(13)21/h1-5,8,11,14H,6-7,9-10,12H2,(H,20,22). The van der Waals surface area contributed by atoms with Gasteiger partial charge < -0.3 is 10.2 Å². The van der Waals surface area contributed by atoms with Gasteiger partial charge in [0, 0.05) is 30.2 Å². The third kappa shape index (κ3) is 3.24. The van der Waals surface area contributed by atoms with Gasteiger partial charge in [0.25, 0.3) is 5.91 Å². The molecular formula is C18H19N3O3S. The van der Waals surface area contributed by atoms with E-state index in [-0.39, 0.29) is 23.5 Å². The Balaban J connectivity index is 1.53. The van der Waals surface area contributed by atoms with Gasteiger partial charge in [0.05, 0.1) is 11.5 Å². The van der Waals surface area contributed by atoms with Gasteiger partial charge in [0.15, 0.2) is 9.84 Å². The van der Waals surface area contributed by atoms with Crippen LogP contribution in [0.5, 0.6) is 0 Å². The van der Waals surface area contributed by atoms with Gasteiger partial charge in [-0.3, -0.25) is 9.78 Å². The lowest BCUT2D eigenvalue weighted by molar-refractivity contribution is 0.0936. The van der Waals surface area contributed by atoms with E-state index in [2.05, 4.69) is 27.3 Å². The van der Waals surface area contributed by atoms with Crippen molar-refractivity contribution in [2.24, 2.45) is 0 Å². The lowest BCUT2D eigenvalue weighted by Crippen LogP contribution is -2.36. The first kappa shape index (κ1) is 16.1. The smallest absolute Gasteiger partial charge is 0.270 e. The summed E-state index contributed by atoms with van der Waals surface area (Å²) >= 11 is 0. The molecule has 1 amide bonds. The third-order valence-corrected chi connectivity index (χ3v) is 6.51. The fourth-order valence-corrected chi connectivity index (χ4v) is 5.16. The van der Waals surface area contributed by atoms with Crippen LogP contribution in [0.25, 0.3) is 0 Å². The number of amides is 1. The molecule has 0 spiro atoms. The van der Waals surface area contributed by atoms with E-state index in [1.54, 1.807) is 12.3 Å². The number of aromatic nitrogens is 1. The summed E-state index contributed by atoms with van der Waals surface area (Å²) < 4.78 is 23.1. The van der Waals surface area contributed by atoms with Crippen LogP contribution in [0.2, 0.25) is 0 Å². The molecule has 25 heavy (non-hydrogen) atoms. The Kier molecular flexibility index (Phi) is 3.95. The number of nitrogens with one attached hydrogen (secondary N) is 1. The summed E-state index contributed by atoms with van der Waals surface area (Å²) in [5.41, 5.74) is 3.68. The van der Waals surface area contributed by atoms with E-state index < -0.39 is 9.84 Å². The second-order valence-corrected chi connectivity index (χ2v) is 8.73. The van der Waals surface area contributed by atoms with Crippen LogP contribution in [0.1, 0.15) is 22.5 Å². The average Bonchev–Trinajstić information content (AvgIpc) is 3.18. The van der Waals surface area contributed by atoms with Crippen LogP contribution in [-0.2, 0) is 16.3 Å². The Morgan fingerprint density at radius 1 is 1.24 bits per heavy atom. The Labute approximate surface area is 146 Å². The maximum Gasteiger partial charge on any atom is 0.270 e. The summed E-state index contributed by atoms with van der Waals surface area (Å²) in [6.45, 7) is 0.866. The average molecular weight is 357 g/mol. The fraction of sp³-hybridized carbons (Fsp3) is 0.333. The van der Waals surface area contributed by atoms with Gasteiger partial charge in [-0.15, -0.1) is 0 Å². The van der Waals surface area contributed by atoms with Crippen molar-refractivity contribution in [1.82, 2.24) is 10.3 Å². The van der Waals surface area contributed by atoms with Crippen LogP contribution in [0.3, 0.4) is 0 Å². The van der Waals surface area contributed by atoms with Crippen LogP contribution in [0.15, 0.2) is 42.6 Å². The van der Waals surface area contributed by atoms with Crippen molar-refractivity contribution < 1.29 is 13.2 Å². The Morgan fingerprint density at radius 2 is 2.08 bits per heavy atom. The zero-order chi connectivity index (χ0) is 17.4. The minimum atomic E-state index is -3.02. The monoisotopic (exact) mass is 357 g/mol. The molecule has 3 heterocycles. The summed E-state index contributed by atoms with van der Waals surface area (Å²) in [6.07, 6.45) is 3.06. The molecule has 1 atom stereocenters. The summed E-state index contributed by atoms with van der Waals surface area (Å²) in [7, 11) is -3.02. The summed E-state index contributed by atoms with van der Waals surface area (Å²) in [6, 6.07) is 11.6. The quantitative estimate of drug-likeness (QED) is 0.904. The molecule has 2 aliphatic heterocycles. The number of benzene rings is 1. The normalized spacial score (nSPS) is 21.1. The molecule has 2 aliphatic rings. The van der Waals surface area contributed by atoms with Crippen molar-refractivity contribution in [3.8, 4) is 0 Å². The number of carbonyl (C=O) groups excluding carboxylic acids is 1. The first-order chi connectivity index (χ1) is 12.0. The Hall–Kier alpha value is -2.41. The summed E-state index contributed by atoms with van der Waals surface area (Å²) in [5, 5.41) is 2.79. The molecule has 0 radical (unpaired) electrons. The fourth-order valence-electron chi connectivity index (χ4n) is 3.49. The minimum absolute atomic E-state index is 0.0118. The van der Waals surface area contributed by atoms with Crippen molar-refractivity contribution in [3.05, 3.63) is 53.9 Å². The molecule has 1 aromatic heterocycles. The highest BCUT2D eigenvalue weighted by molar-refractivity contribution is 7.91. The topological polar surface area (TPSA) is 79.4 Å². The largest absolute Gasteiger partial charge is 0.347 e. The Morgan fingerprint density at radius 3 is 2.88 bits per heavy atom. The second kappa shape index (κ2) is 6.15. The molecule has 4 rings (SSSR count). The Bertz CT molecular complexity index is 927. The molecule has 0 bridgehead atoms. The van der Waals surface area contributed by atoms with Crippen molar-refractivity contribution >= 4 is 27.1 Å². The van der Waals surface area contributed by atoms with Gasteiger partial charge >= 0.3 is 0 Å². The SMILES string of the molecule is O=C(NC1CCS(=O)(=O)C1)c1cc(N2CCc3ccccc32)ccn1. The predicted molar refractivity (Wildman–Crippen MR) is 95.9 cm³/mol. The maximum atomic E-state index is 12.4. The minimum Gasteiger partial charge on any atom is -0.347 e. The number of pyridine rings is 1. The molecule has 0 saturated carbocycles. The van der Waals surface area contributed by atoms with Crippen LogP contribution in [-0.4, -0.2) is 43.4 Å². The number of hydrogen-bond acceptors (Lipinski definition) is 5. The van der Waals surface area contributed by atoms with E-state index in [4.69, 9.17) is 0 Å². The van der Waals surface area contributed by atoms with Crippen LogP contribution in [0, 0.1) is 0 Å². The number of fused-ring (bicyclic) bond motifs is 1. The van der Waals surface area contributed by atoms with E-state index in [0.29, 0.717) is 12.1 Å². The number of carbonyl (C=O) groups is 1. The van der Waals surface area contributed by atoms with Crippen molar-refractivity contribution in [2.45, 2.75) is 18.9 Å². The van der Waals surface area contributed by atoms with Gasteiger partial charge in [-0.25, -0.2) is 8.42 Å². The summed E-state index contributed by atoms with van der Waals surface area (Å²) in [5.74, 6) is -0.176. The van der Waals surface area contributed by atoms with Crippen molar-refractivity contribution in [1.29, 1.82) is 0 Å². The molecule has 1 fully saturated rings. The zero-order valence-corrected chi connectivity index (χ0v) is 14.5. The van der Waals surface area contributed by atoms with Crippen LogP contribution >= 0.6 is 0 Å². The first-order valence-corrected chi connectivity index (χ1v) is 10.2. The first-order valence-electron chi connectivity index (χ1n) is 8.35. The van der Waals surface area contributed by atoms with Gasteiger partial charge in [-0.2, -0.15) is 0 Å². The molecule has 0 aliphatic carbocycles. The number of nitrogens with zero attached hydrogens (tertiary/aromatic N) is 2. The molecule has 6 nitrogen and oxygen atoms in total.